The van der Waals surface area contributed by atoms with Gasteiger partial charge >= 0.3 is 0 Å². The first-order chi connectivity index (χ1) is 16.6. The van der Waals surface area contributed by atoms with E-state index in [0.29, 0.717) is 55.1 Å². The number of fused-ring (bicyclic) bond motifs is 1. The summed E-state index contributed by atoms with van der Waals surface area (Å²) in [6.07, 6.45) is 2.85. The number of benzene rings is 2. The van der Waals surface area contributed by atoms with Gasteiger partial charge in [0.15, 0.2) is 11.5 Å². The first-order valence-corrected chi connectivity index (χ1v) is 11.3. The zero-order valence-electron chi connectivity index (χ0n) is 18.5. The van der Waals surface area contributed by atoms with Gasteiger partial charge in [0.1, 0.15) is 11.3 Å². The van der Waals surface area contributed by atoms with E-state index in [-0.39, 0.29) is 23.2 Å². The van der Waals surface area contributed by atoms with Crippen LogP contribution in [0.25, 0.3) is 11.2 Å². The third kappa shape index (κ3) is 4.52. The zero-order chi connectivity index (χ0) is 23.5. The van der Waals surface area contributed by atoms with Crippen LogP contribution in [0.2, 0.25) is 0 Å². The van der Waals surface area contributed by atoms with Crippen molar-refractivity contribution in [3.8, 4) is 0 Å². The van der Waals surface area contributed by atoms with Gasteiger partial charge in [-0.3, -0.25) is 14.2 Å². The fourth-order valence-electron chi connectivity index (χ4n) is 4.31. The van der Waals surface area contributed by atoms with Gasteiger partial charge in [-0.15, -0.1) is 0 Å². The minimum atomic E-state index is -0.345. The molecule has 2 aromatic carbocycles. The monoisotopic (exact) mass is 457 g/mol. The molecule has 1 amide bonds. The number of halogens is 1. The number of hydrogen-bond donors (Lipinski definition) is 1. The van der Waals surface area contributed by atoms with E-state index < -0.39 is 0 Å². The molecule has 2 aromatic heterocycles. The number of anilines is 2. The molecule has 0 spiro atoms. The summed E-state index contributed by atoms with van der Waals surface area (Å²) < 4.78 is 14.8. The fourth-order valence-corrected chi connectivity index (χ4v) is 4.31. The Morgan fingerprint density at radius 3 is 2.47 bits per heavy atom. The first kappa shape index (κ1) is 21.8. The van der Waals surface area contributed by atoms with Crippen molar-refractivity contribution >= 4 is 28.6 Å². The molecule has 8 heteroatoms. The summed E-state index contributed by atoms with van der Waals surface area (Å²) in [5.41, 5.74) is 2.59. The minimum absolute atomic E-state index is 0.0941. The van der Waals surface area contributed by atoms with Gasteiger partial charge in [0.2, 0.25) is 5.91 Å². The maximum Gasteiger partial charge on any atom is 0.295 e. The molecule has 0 saturated carbocycles. The Morgan fingerprint density at radius 1 is 1.00 bits per heavy atom. The van der Waals surface area contributed by atoms with Crippen LogP contribution in [0.15, 0.2) is 77.7 Å². The maximum atomic E-state index is 13.5. The normalized spacial score (nSPS) is 14.3. The highest BCUT2D eigenvalue weighted by molar-refractivity contribution is 5.92. The van der Waals surface area contributed by atoms with E-state index in [4.69, 9.17) is 0 Å². The van der Waals surface area contributed by atoms with Crippen molar-refractivity contribution in [2.24, 2.45) is 5.92 Å². The molecule has 1 aliphatic heterocycles. The van der Waals surface area contributed by atoms with Crippen LogP contribution in [0.4, 0.5) is 15.9 Å². The van der Waals surface area contributed by atoms with E-state index in [1.165, 1.54) is 12.1 Å². The summed E-state index contributed by atoms with van der Waals surface area (Å²) in [5, 5.41) is 2.85. The summed E-state index contributed by atoms with van der Waals surface area (Å²) in [6, 6.07) is 19.2. The van der Waals surface area contributed by atoms with Gasteiger partial charge < -0.3 is 10.2 Å². The van der Waals surface area contributed by atoms with Crippen molar-refractivity contribution < 1.29 is 9.18 Å². The third-order valence-electron chi connectivity index (χ3n) is 6.15. The highest BCUT2D eigenvalue weighted by atomic mass is 19.1. The molecule has 0 atom stereocenters. The van der Waals surface area contributed by atoms with E-state index in [2.05, 4.69) is 15.3 Å². The Bertz CT molecular complexity index is 1360. The first-order valence-electron chi connectivity index (χ1n) is 11.3. The van der Waals surface area contributed by atoms with Crippen molar-refractivity contribution in [3.05, 3.63) is 94.7 Å². The number of carbonyl (C=O) groups is 1. The highest BCUT2D eigenvalue weighted by Crippen LogP contribution is 2.23. The van der Waals surface area contributed by atoms with Crippen molar-refractivity contribution in [3.63, 3.8) is 0 Å². The Morgan fingerprint density at radius 2 is 1.74 bits per heavy atom. The second-order valence-corrected chi connectivity index (χ2v) is 8.42. The van der Waals surface area contributed by atoms with Crippen molar-refractivity contribution in [1.29, 1.82) is 0 Å². The van der Waals surface area contributed by atoms with Crippen LogP contribution in [0.3, 0.4) is 0 Å². The van der Waals surface area contributed by atoms with Crippen molar-refractivity contribution in [1.82, 2.24) is 14.5 Å². The quantitative estimate of drug-likeness (QED) is 0.493. The Hall–Kier alpha value is -4.07. The van der Waals surface area contributed by atoms with Gasteiger partial charge in [0, 0.05) is 30.9 Å². The van der Waals surface area contributed by atoms with Crippen LogP contribution in [0.1, 0.15) is 18.4 Å². The van der Waals surface area contributed by atoms with Gasteiger partial charge in [-0.25, -0.2) is 14.4 Å². The van der Waals surface area contributed by atoms with E-state index in [0.717, 1.165) is 5.56 Å². The molecule has 172 valence electrons. The Balaban J connectivity index is 1.36. The summed E-state index contributed by atoms with van der Waals surface area (Å²) in [6.45, 7) is 1.49. The van der Waals surface area contributed by atoms with Crippen LogP contribution in [0.5, 0.6) is 0 Å². The number of rotatable bonds is 5. The maximum absolute atomic E-state index is 13.5. The molecule has 0 bridgehead atoms. The molecular weight excluding hydrogens is 433 g/mol. The molecule has 3 heterocycles. The zero-order valence-corrected chi connectivity index (χ0v) is 18.5. The summed E-state index contributed by atoms with van der Waals surface area (Å²) in [4.78, 5) is 37.2. The molecule has 0 unspecified atom stereocenters. The van der Waals surface area contributed by atoms with Crippen LogP contribution in [-0.2, 0) is 11.3 Å². The van der Waals surface area contributed by atoms with Crippen molar-refractivity contribution in [2.45, 2.75) is 19.4 Å². The Labute approximate surface area is 195 Å². The van der Waals surface area contributed by atoms with E-state index in [1.54, 1.807) is 22.9 Å². The number of piperidine rings is 1. The Kier molecular flexibility index (Phi) is 6.03. The molecular formula is C26H24FN5O2. The lowest BCUT2D eigenvalue weighted by Gasteiger charge is -2.32. The van der Waals surface area contributed by atoms with Gasteiger partial charge in [0.05, 0.1) is 6.54 Å². The van der Waals surface area contributed by atoms with Crippen LogP contribution in [0, 0.1) is 11.7 Å². The lowest BCUT2D eigenvalue weighted by Crippen LogP contribution is -2.42. The lowest BCUT2D eigenvalue weighted by molar-refractivity contribution is -0.120. The summed E-state index contributed by atoms with van der Waals surface area (Å²) in [7, 11) is 0. The average Bonchev–Trinajstić information content (AvgIpc) is 2.87. The molecule has 1 aliphatic rings. The predicted molar refractivity (Wildman–Crippen MR) is 129 cm³/mol. The molecule has 1 saturated heterocycles. The van der Waals surface area contributed by atoms with Crippen LogP contribution >= 0.6 is 0 Å². The van der Waals surface area contributed by atoms with Gasteiger partial charge in [-0.2, -0.15) is 0 Å². The van der Waals surface area contributed by atoms with Crippen molar-refractivity contribution in [2.75, 3.05) is 23.3 Å². The second-order valence-electron chi connectivity index (χ2n) is 8.42. The SMILES string of the molecule is O=C(Nc1ccc(F)cc1)C1CCN(c2nc3cccnc3n(Cc3ccccc3)c2=O)CC1. The molecule has 1 N–H and O–H groups in total. The largest absolute Gasteiger partial charge is 0.352 e. The predicted octanol–water partition coefficient (Wildman–Crippen LogP) is 3.83. The number of nitrogens with one attached hydrogen (secondary N) is 1. The second kappa shape index (κ2) is 9.43. The molecule has 4 aromatic rings. The van der Waals surface area contributed by atoms with E-state index in [1.807, 2.05) is 47.4 Å². The number of hydrogen-bond acceptors (Lipinski definition) is 5. The topological polar surface area (TPSA) is 80.1 Å². The lowest BCUT2D eigenvalue weighted by atomic mass is 9.96. The standard InChI is InChI=1S/C26H24FN5O2/c27-20-8-10-21(11-9-20)29-25(33)19-12-15-31(16-13-19)24-26(34)32(17-18-5-2-1-3-6-18)23-22(30-24)7-4-14-28-23/h1-11,14,19H,12-13,15-17H2,(H,29,33). The minimum Gasteiger partial charge on any atom is -0.352 e. The van der Waals surface area contributed by atoms with Gasteiger partial charge in [0.25, 0.3) is 5.56 Å². The number of aromatic nitrogens is 3. The third-order valence-corrected chi connectivity index (χ3v) is 6.15. The molecule has 7 nitrogen and oxygen atoms in total. The van der Waals surface area contributed by atoms with E-state index >= 15 is 0 Å². The van der Waals surface area contributed by atoms with E-state index in [9.17, 15) is 14.0 Å². The van der Waals surface area contributed by atoms with Crippen LogP contribution < -0.4 is 15.8 Å². The number of amides is 1. The summed E-state index contributed by atoms with van der Waals surface area (Å²) >= 11 is 0. The van der Waals surface area contributed by atoms with Gasteiger partial charge in [-0.1, -0.05) is 30.3 Å². The summed E-state index contributed by atoms with van der Waals surface area (Å²) in [5.74, 6) is -0.241. The molecule has 0 radical (unpaired) electrons. The number of nitrogens with zero attached hydrogens (tertiary/aromatic N) is 4. The molecule has 34 heavy (non-hydrogen) atoms. The fraction of sp³-hybridized carbons (Fsp3) is 0.231. The average molecular weight is 458 g/mol. The van der Waals surface area contributed by atoms with Crippen LogP contribution in [-0.4, -0.2) is 33.5 Å². The number of pyridine rings is 1. The molecule has 1 fully saturated rings. The smallest absolute Gasteiger partial charge is 0.295 e. The van der Waals surface area contributed by atoms with Gasteiger partial charge in [-0.05, 0) is 54.8 Å². The molecule has 5 rings (SSSR count). The highest BCUT2D eigenvalue weighted by Gasteiger charge is 2.28. The molecule has 0 aliphatic carbocycles. The number of carbonyl (C=O) groups excluding carboxylic acids is 1.